The Morgan fingerprint density at radius 3 is 2.18 bits per heavy atom. The highest BCUT2D eigenvalue weighted by atomic mass is 16.3. The highest BCUT2D eigenvalue weighted by Gasteiger charge is 2.32. The second-order valence-corrected chi connectivity index (χ2v) is 5.28. The Balaban J connectivity index is 3.21. The summed E-state index contributed by atoms with van der Waals surface area (Å²) in [4.78, 5) is 0. The first-order valence-electron chi connectivity index (χ1n) is 6.39. The second-order valence-electron chi connectivity index (χ2n) is 5.28. The summed E-state index contributed by atoms with van der Waals surface area (Å²) in [5, 5.41) is 9.29. The summed E-state index contributed by atoms with van der Waals surface area (Å²) >= 11 is 0. The summed E-state index contributed by atoms with van der Waals surface area (Å²) in [5.41, 5.74) is 9.88. The average molecular weight is 235 g/mol. The third-order valence-electron chi connectivity index (χ3n) is 3.77. The number of hydrogen-bond donors (Lipinski definition) is 2. The molecule has 1 rings (SSSR count). The number of aryl methyl sites for hydroxylation is 2. The van der Waals surface area contributed by atoms with Gasteiger partial charge in [0.2, 0.25) is 0 Å². The van der Waals surface area contributed by atoms with Crippen molar-refractivity contribution in [2.75, 3.05) is 6.61 Å². The lowest BCUT2D eigenvalue weighted by Crippen LogP contribution is -2.43. The predicted molar refractivity (Wildman–Crippen MR) is 73.2 cm³/mol. The molecule has 0 aliphatic carbocycles. The molecule has 0 aromatic heterocycles. The molecule has 17 heavy (non-hydrogen) atoms. The van der Waals surface area contributed by atoms with Gasteiger partial charge in [0.1, 0.15) is 0 Å². The van der Waals surface area contributed by atoms with E-state index in [9.17, 15) is 5.11 Å². The lowest BCUT2D eigenvalue weighted by Gasteiger charge is -2.36. The van der Waals surface area contributed by atoms with Crippen LogP contribution < -0.4 is 5.73 Å². The van der Waals surface area contributed by atoms with Gasteiger partial charge in [-0.3, -0.25) is 0 Å². The van der Waals surface area contributed by atoms with Crippen molar-refractivity contribution in [1.29, 1.82) is 0 Å². The van der Waals surface area contributed by atoms with Crippen molar-refractivity contribution < 1.29 is 5.11 Å². The van der Waals surface area contributed by atoms with Crippen LogP contribution in [0.5, 0.6) is 0 Å². The van der Waals surface area contributed by atoms with Crippen LogP contribution in [0.3, 0.4) is 0 Å². The third kappa shape index (κ3) is 3.08. The molecule has 0 aliphatic rings. The zero-order valence-corrected chi connectivity index (χ0v) is 11.5. The Morgan fingerprint density at radius 1 is 1.24 bits per heavy atom. The van der Waals surface area contributed by atoms with E-state index >= 15 is 0 Å². The monoisotopic (exact) mass is 235 g/mol. The van der Waals surface area contributed by atoms with E-state index in [-0.39, 0.29) is 18.1 Å². The van der Waals surface area contributed by atoms with Crippen LogP contribution in [0.1, 0.15) is 43.4 Å². The topological polar surface area (TPSA) is 46.2 Å². The van der Waals surface area contributed by atoms with Crippen LogP contribution in [-0.2, 0) is 5.41 Å². The van der Waals surface area contributed by atoms with Gasteiger partial charge in [-0.1, -0.05) is 43.2 Å². The summed E-state index contributed by atoms with van der Waals surface area (Å²) in [7, 11) is 0. The zero-order valence-electron chi connectivity index (χ0n) is 11.5. The molecule has 0 saturated carbocycles. The Hall–Kier alpha value is -0.860. The minimum atomic E-state index is -0.139. The fraction of sp³-hybridized carbons (Fsp3) is 0.600. The Labute approximate surface area is 105 Å². The molecule has 0 bridgehead atoms. The SMILES string of the molecule is CCC(N)C(C)(CCO)c1cc(C)cc(C)c1. The van der Waals surface area contributed by atoms with Gasteiger partial charge in [0, 0.05) is 18.1 Å². The maximum absolute atomic E-state index is 9.29. The minimum absolute atomic E-state index is 0.0795. The van der Waals surface area contributed by atoms with E-state index in [0.717, 1.165) is 6.42 Å². The van der Waals surface area contributed by atoms with Crippen molar-refractivity contribution in [2.45, 2.75) is 52.0 Å². The van der Waals surface area contributed by atoms with Crippen LogP contribution in [0, 0.1) is 13.8 Å². The van der Waals surface area contributed by atoms with Gasteiger partial charge in [0.15, 0.2) is 0 Å². The number of benzene rings is 1. The molecule has 0 saturated heterocycles. The number of rotatable bonds is 5. The van der Waals surface area contributed by atoms with Gasteiger partial charge in [0.25, 0.3) is 0 Å². The van der Waals surface area contributed by atoms with Gasteiger partial charge in [-0.2, -0.15) is 0 Å². The smallest absolute Gasteiger partial charge is 0.0440 e. The van der Waals surface area contributed by atoms with Gasteiger partial charge >= 0.3 is 0 Å². The highest BCUT2D eigenvalue weighted by Crippen LogP contribution is 2.32. The lowest BCUT2D eigenvalue weighted by atomic mass is 9.72. The molecule has 2 unspecified atom stereocenters. The van der Waals surface area contributed by atoms with Gasteiger partial charge in [-0.15, -0.1) is 0 Å². The molecule has 2 heteroatoms. The quantitative estimate of drug-likeness (QED) is 0.824. The van der Waals surface area contributed by atoms with E-state index in [1.165, 1.54) is 16.7 Å². The summed E-state index contributed by atoms with van der Waals surface area (Å²) in [5.74, 6) is 0. The van der Waals surface area contributed by atoms with E-state index in [0.29, 0.717) is 6.42 Å². The van der Waals surface area contributed by atoms with E-state index in [4.69, 9.17) is 5.73 Å². The molecule has 1 aromatic rings. The first-order valence-corrected chi connectivity index (χ1v) is 6.39. The summed E-state index contributed by atoms with van der Waals surface area (Å²) in [6.45, 7) is 8.65. The van der Waals surface area contributed by atoms with Gasteiger partial charge in [0.05, 0.1) is 0 Å². The molecule has 0 heterocycles. The maximum Gasteiger partial charge on any atom is 0.0440 e. The molecule has 2 nitrogen and oxygen atoms in total. The van der Waals surface area contributed by atoms with Crippen LogP contribution in [0.4, 0.5) is 0 Å². The van der Waals surface area contributed by atoms with Crippen LogP contribution in [0.2, 0.25) is 0 Å². The van der Waals surface area contributed by atoms with Gasteiger partial charge < -0.3 is 10.8 Å². The molecule has 3 N–H and O–H groups in total. The summed E-state index contributed by atoms with van der Waals surface area (Å²) < 4.78 is 0. The number of nitrogens with two attached hydrogens (primary N) is 1. The molecule has 2 atom stereocenters. The first-order chi connectivity index (χ1) is 7.93. The van der Waals surface area contributed by atoms with Crippen molar-refractivity contribution in [3.63, 3.8) is 0 Å². The molecule has 0 spiro atoms. The van der Waals surface area contributed by atoms with Crippen molar-refractivity contribution in [1.82, 2.24) is 0 Å². The largest absolute Gasteiger partial charge is 0.396 e. The van der Waals surface area contributed by atoms with Crippen molar-refractivity contribution in [3.8, 4) is 0 Å². The standard InChI is InChI=1S/C15H25NO/c1-5-14(16)15(4,6-7-17)13-9-11(2)8-12(3)10-13/h8-10,14,17H,5-7,16H2,1-4H3. The Bertz CT molecular complexity index is 355. The minimum Gasteiger partial charge on any atom is -0.396 e. The van der Waals surface area contributed by atoms with Crippen LogP contribution in [0.25, 0.3) is 0 Å². The van der Waals surface area contributed by atoms with Crippen LogP contribution in [0.15, 0.2) is 18.2 Å². The van der Waals surface area contributed by atoms with E-state index in [2.05, 4.69) is 45.9 Å². The average Bonchev–Trinajstić information content (AvgIpc) is 2.26. The lowest BCUT2D eigenvalue weighted by molar-refractivity contribution is 0.223. The number of hydrogen-bond acceptors (Lipinski definition) is 2. The molecule has 0 aliphatic heterocycles. The molecule has 0 amide bonds. The van der Waals surface area contributed by atoms with Crippen molar-refractivity contribution >= 4 is 0 Å². The molecular formula is C15H25NO. The maximum atomic E-state index is 9.29. The van der Waals surface area contributed by atoms with E-state index in [1.807, 2.05) is 0 Å². The number of aliphatic hydroxyl groups excluding tert-OH is 1. The van der Waals surface area contributed by atoms with Gasteiger partial charge in [-0.05, 0) is 32.3 Å². The molecule has 0 fully saturated rings. The summed E-state index contributed by atoms with van der Waals surface area (Å²) in [6, 6.07) is 6.63. The fourth-order valence-corrected chi connectivity index (χ4v) is 2.53. The first kappa shape index (κ1) is 14.2. The Kier molecular flexibility index (Phi) is 4.72. The van der Waals surface area contributed by atoms with E-state index in [1.54, 1.807) is 0 Å². The fourth-order valence-electron chi connectivity index (χ4n) is 2.53. The molecular weight excluding hydrogens is 210 g/mol. The normalized spacial score (nSPS) is 16.6. The van der Waals surface area contributed by atoms with Crippen LogP contribution >= 0.6 is 0 Å². The highest BCUT2D eigenvalue weighted by molar-refractivity contribution is 5.35. The third-order valence-corrected chi connectivity index (χ3v) is 3.77. The Morgan fingerprint density at radius 2 is 1.76 bits per heavy atom. The number of aliphatic hydroxyl groups is 1. The zero-order chi connectivity index (χ0) is 13.1. The molecule has 1 aromatic carbocycles. The second kappa shape index (κ2) is 5.65. The van der Waals surface area contributed by atoms with E-state index < -0.39 is 0 Å². The van der Waals surface area contributed by atoms with Crippen LogP contribution in [-0.4, -0.2) is 17.8 Å². The molecule has 0 radical (unpaired) electrons. The summed E-state index contributed by atoms with van der Waals surface area (Å²) in [6.07, 6.45) is 1.63. The molecule has 96 valence electrons. The van der Waals surface area contributed by atoms with Crippen molar-refractivity contribution in [3.05, 3.63) is 34.9 Å². The predicted octanol–water partition coefficient (Wildman–Crippen LogP) is 2.68. The van der Waals surface area contributed by atoms with Gasteiger partial charge in [-0.25, -0.2) is 0 Å². The van der Waals surface area contributed by atoms with Crippen molar-refractivity contribution in [2.24, 2.45) is 5.73 Å².